The van der Waals surface area contributed by atoms with Crippen LogP contribution in [0.4, 0.5) is 0 Å². The van der Waals surface area contributed by atoms with Gasteiger partial charge in [0.1, 0.15) is 5.75 Å². The number of hydrogen-bond donors (Lipinski definition) is 0. The van der Waals surface area contributed by atoms with Crippen molar-refractivity contribution in [2.45, 2.75) is 26.8 Å². The summed E-state index contributed by atoms with van der Waals surface area (Å²) < 4.78 is 8.76. The van der Waals surface area contributed by atoms with Crippen LogP contribution in [0, 0.1) is 0 Å². The maximum atomic E-state index is 12.3. The zero-order chi connectivity index (χ0) is 16.2. The van der Waals surface area contributed by atoms with E-state index < -0.39 is 0 Å². The molecule has 2 heterocycles. The highest BCUT2D eigenvalue weighted by Crippen LogP contribution is 2.24. The van der Waals surface area contributed by atoms with Gasteiger partial charge in [0.05, 0.1) is 21.7 Å². The molecular formula is C17H18N2O2S2. The van der Waals surface area contributed by atoms with Crippen molar-refractivity contribution in [3.63, 3.8) is 0 Å². The van der Waals surface area contributed by atoms with Crippen LogP contribution in [0.5, 0.6) is 5.75 Å². The summed E-state index contributed by atoms with van der Waals surface area (Å²) in [5, 5.41) is 1.89. The van der Waals surface area contributed by atoms with Crippen LogP contribution in [0.15, 0.2) is 40.7 Å². The van der Waals surface area contributed by atoms with E-state index in [1.807, 2.05) is 36.6 Å². The molecule has 0 fully saturated rings. The van der Waals surface area contributed by atoms with Crippen molar-refractivity contribution < 1.29 is 9.53 Å². The Morgan fingerprint density at radius 2 is 2.17 bits per heavy atom. The van der Waals surface area contributed by atoms with E-state index in [1.165, 1.54) is 22.7 Å². The highest BCUT2D eigenvalue weighted by atomic mass is 32.1. The third-order valence-corrected chi connectivity index (χ3v) is 5.24. The fraction of sp³-hybridized carbons (Fsp3) is 0.294. The molecule has 0 spiro atoms. The monoisotopic (exact) mass is 346 g/mol. The number of ether oxygens (including phenoxy) is 1. The summed E-state index contributed by atoms with van der Waals surface area (Å²) in [6, 6.07) is 9.70. The first-order valence-corrected chi connectivity index (χ1v) is 9.31. The van der Waals surface area contributed by atoms with Crippen molar-refractivity contribution in [1.29, 1.82) is 0 Å². The molecule has 4 nitrogen and oxygen atoms in total. The molecule has 0 N–H and O–H groups in total. The van der Waals surface area contributed by atoms with E-state index in [0.29, 0.717) is 11.5 Å². The van der Waals surface area contributed by atoms with Crippen LogP contribution in [-0.2, 0) is 6.54 Å². The van der Waals surface area contributed by atoms with Crippen molar-refractivity contribution in [3.8, 4) is 5.75 Å². The van der Waals surface area contributed by atoms with Gasteiger partial charge < -0.3 is 9.30 Å². The molecule has 0 radical (unpaired) electrons. The first kappa shape index (κ1) is 16.0. The summed E-state index contributed by atoms with van der Waals surface area (Å²) in [7, 11) is 0. The molecule has 0 aliphatic rings. The standard InChI is InChI=1S/C17H18N2O2S2/c1-3-9-19-13-8-7-12(21-4-2)11-15(13)23-17(19)18-16(20)14-6-5-10-22-14/h5-8,10-11H,3-4,9H2,1-2H3. The fourth-order valence-electron chi connectivity index (χ4n) is 2.38. The van der Waals surface area contributed by atoms with Crippen molar-refractivity contribution in [2.75, 3.05) is 6.61 Å². The lowest BCUT2D eigenvalue weighted by atomic mass is 10.3. The average molecular weight is 346 g/mol. The van der Waals surface area contributed by atoms with Crippen molar-refractivity contribution in [3.05, 3.63) is 45.4 Å². The number of thiazole rings is 1. The minimum Gasteiger partial charge on any atom is -0.494 e. The van der Waals surface area contributed by atoms with Gasteiger partial charge in [-0.1, -0.05) is 24.3 Å². The number of carbonyl (C=O) groups excluding carboxylic acids is 1. The second kappa shape index (κ2) is 7.10. The molecule has 0 bridgehead atoms. The molecule has 2 aromatic heterocycles. The molecule has 0 saturated carbocycles. The van der Waals surface area contributed by atoms with E-state index in [2.05, 4.69) is 16.5 Å². The largest absolute Gasteiger partial charge is 0.494 e. The van der Waals surface area contributed by atoms with Crippen LogP contribution >= 0.6 is 22.7 Å². The molecule has 0 atom stereocenters. The van der Waals surface area contributed by atoms with Gasteiger partial charge in [0, 0.05) is 6.54 Å². The smallest absolute Gasteiger partial charge is 0.289 e. The number of aryl methyl sites for hydroxylation is 1. The highest BCUT2D eigenvalue weighted by molar-refractivity contribution is 7.16. The summed E-state index contributed by atoms with van der Waals surface area (Å²) in [6.07, 6.45) is 0.986. The third kappa shape index (κ3) is 3.38. The Kier molecular flexibility index (Phi) is 4.93. The van der Waals surface area contributed by atoms with Crippen molar-refractivity contribution >= 4 is 38.8 Å². The average Bonchev–Trinajstić information content (AvgIpc) is 3.17. The maximum absolute atomic E-state index is 12.3. The Labute approximate surface area is 142 Å². The van der Waals surface area contributed by atoms with Crippen LogP contribution in [0.25, 0.3) is 10.2 Å². The van der Waals surface area contributed by atoms with E-state index in [1.54, 1.807) is 6.07 Å². The Bertz CT molecular complexity index is 876. The Hall–Kier alpha value is -1.92. The molecule has 3 rings (SSSR count). The number of rotatable bonds is 5. The Balaban J connectivity index is 2.11. The number of benzene rings is 1. The van der Waals surface area contributed by atoms with Crippen LogP contribution in [0.3, 0.4) is 0 Å². The maximum Gasteiger partial charge on any atom is 0.289 e. The van der Waals surface area contributed by atoms with Gasteiger partial charge in [-0.05, 0) is 43.0 Å². The van der Waals surface area contributed by atoms with Crippen molar-refractivity contribution in [2.24, 2.45) is 4.99 Å². The summed E-state index contributed by atoms with van der Waals surface area (Å²) in [6.45, 7) is 5.57. The van der Waals surface area contributed by atoms with Crippen LogP contribution in [0.2, 0.25) is 0 Å². The molecule has 0 aliphatic carbocycles. The molecule has 120 valence electrons. The zero-order valence-electron chi connectivity index (χ0n) is 13.1. The molecule has 6 heteroatoms. The number of nitrogens with zero attached hydrogens (tertiary/aromatic N) is 2. The second-order valence-corrected chi connectivity index (χ2v) is 6.95. The van der Waals surface area contributed by atoms with Gasteiger partial charge in [-0.3, -0.25) is 4.79 Å². The lowest BCUT2D eigenvalue weighted by Crippen LogP contribution is -2.16. The number of carbonyl (C=O) groups is 1. The lowest BCUT2D eigenvalue weighted by molar-refractivity contribution is 0.100. The van der Waals surface area contributed by atoms with Gasteiger partial charge in [0.15, 0.2) is 4.80 Å². The van der Waals surface area contributed by atoms with Gasteiger partial charge >= 0.3 is 0 Å². The molecule has 23 heavy (non-hydrogen) atoms. The topological polar surface area (TPSA) is 43.6 Å². The van der Waals surface area contributed by atoms with Gasteiger partial charge in [0.25, 0.3) is 5.91 Å². The number of aromatic nitrogens is 1. The molecular weight excluding hydrogens is 328 g/mol. The number of thiophene rings is 1. The van der Waals surface area contributed by atoms with Crippen LogP contribution in [-0.4, -0.2) is 17.1 Å². The quantitative estimate of drug-likeness (QED) is 0.691. The van der Waals surface area contributed by atoms with Gasteiger partial charge in [-0.2, -0.15) is 4.99 Å². The Morgan fingerprint density at radius 1 is 1.30 bits per heavy atom. The van der Waals surface area contributed by atoms with Crippen molar-refractivity contribution in [1.82, 2.24) is 4.57 Å². The minimum atomic E-state index is -0.179. The minimum absolute atomic E-state index is 0.179. The molecule has 0 aliphatic heterocycles. The van der Waals surface area contributed by atoms with Gasteiger partial charge in [0.2, 0.25) is 0 Å². The highest BCUT2D eigenvalue weighted by Gasteiger charge is 2.10. The van der Waals surface area contributed by atoms with Crippen LogP contribution in [0.1, 0.15) is 29.9 Å². The molecule has 0 saturated heterocycles. The fourth-order valence-corrected chi connectivity index (χ4v) is 4.07. The summed E-state index contributed by atoms with van der Waals surface area (Å²) in [5.41, 5.74) is 1.10. The predicted octanol–water partition coefficient (Wildman–Crippen LogP) is 4.31. The number of hydrogen-bond acceptors (Lipinski definition) is 4. The Morgan fingerprint density at radius 3 is 2.87 bits per heavy atom. The van der Waals surface area contributed by atoms with Crippen LogP contribution < -0.4 is 9.54 Å². The van der Waals surface area contributed by atoms with E-state index >= 15 is 0 Å². The predicted molar refractivity (Wildman–Crippen MR) is 95.5 cm³/mol. The zero-order valence-corrected chi connectivity index (χ0v) is 14.7. The van der Waals surface area contributed by atoms with E-state index in [0.717, 1.165) is 33.7 Å². The van der Waals surface area contributed by atoms with E-state index in [-0.39, 0.29) is 5.91 Å². The number of amides is 1. The normalized spacial score (nSPS) is 12.0. The molecule has 1 amide bonds. The first-order chi connectivity index (χ1) is 11.2. The van der Waals surface area contributed by atoms with E-state index in [4.69, 9.17) is 4.74 Å². The summed E-state index contributed by atoms with van der Waals surface area (Å²) in [5.74, 6) is 0.669. The first-order valence-electron chi connectivity index (χ1n) is 7.61. The SMILES string of the molecule is CCCn1c(=NC(=O)c2cccs2)sc2cc(OCC)ccc21. The second-order valence-electron chi connectivity index (χ2n) is 4.99. The molecule has 0 unspecified atom stereocenters. The summed E-state index contributed by atoms with van der Waals surface area (Å²) in [4.78, 5) is 18.0. The summed E-state index contributed by atoms with van der Waals surface area (Å²) >= 11 is 2.95. The van der Waals surface area contributed by atoms with E-state index in [9.17, 15) is 4.79 Å². The number of fused-ring (bicyclic) bond motifs is 1. The molecule has 3 aromatic rings. The third-order valence-electron chi connectivity index (χ3n) is 3.34. The molecule has 1 aromatic carbocycles. The van der Waals surface area contributed by atoms with Gasteiger partial charge in [-0.15, -0.1) is 11.3 Å². The van der Waals surface area contributed by atoms with Gasteiger partial charge in [-0.25, -0.2) is 0 Å². The lowest BCUT2D eigenvalue weighted by Gasteiger charge is -2.04.